The summed E-state index contributed by atoms with van der Waals surface area (Å²) in [4.78, 5) is 37.7. The van der Waals surface area contributed by atoms with Crippen molar-refractivity contribution in [1.82, 2.24) is 0 Å². The Bertz CT molecular complexity index is 1180. The highest BCUT2D eigenvalue weighted by Gasteiger charge is 2.19. The fourth-order valence-electron chi connectivity index (χ4n) is 5.66. The summed E-state index contributed by atoms with van der Waals surface area (Å²) in [5.41, 5.74) is 0. The number of rotatable bonds is 39. The molecule has 6 heteroatoms. The van der Waals surface area contributed by atoms with Gasteiger partial charge in [-0.3, -0.25) is 14.4 Å². The number of carbonyl (C=O) groups is 3. The van der Waals surface area contributed by atoms with Gasteiger partial charge in [0.25, 0.3) is 0 Å². The van der Waals surface area contributed by atoms with Crippen molar-refractivity contribution in [2.45, 2.75) is 194 Å². The molecule has 1 unspecified atom stereocenters. The second-order valence-corrected chi connectivity index (χ2v) is 14.7. The molecule has 0 heterocycles. The third-order valence-corrected chi connectivity index (χ3v) is 9.17. The van der Waals surface area contributed by atoms with Crippen molar-refractivity contribution in [3.63, 3.8) is 0 Å². The molecule has 0 fully saturated rings. The third kappa shape index (κ3) is 43.3. The Labute approximate surface area is 349 Å². The number of ether oxygens (including phenoxy) is 3. The van der Waals surface area contributed by atoms with E-state index in [-0.39, 0.29) is 37.5 Å². The van der Waals surface area contributed by atoms with Crippen molar-refractivity contribution >= 4 is 17.9 Å². The van der Waals surface area contributed by atoms with Crippen molar-refractivity contribution in [2.75, 3.05) is 13.2 Å². The van der Waals surface area contributed by atoms with Crippen LogP contribution in [0, 0.1) is 0 Å². The van der Waals surface area contributed by atoms with Gasteiger partial charge in [-0.2, -0.15) is 0 Å². The second kappa shape index (κ2) is 45.0. The van der Waals surface area contributed by atoms with Crippen molar-refractivity contribution in [3.05, 3.63) is 97.2 Å². The summed E-state index contributed by atoms with van der Waals surface area (Å²) in [6, 6.07) is 0. The Hall–Kier alpha value is -3.67. The minimum absolute atomic E-state index is 0.105. The number of hydrogen-bond acceptors (Lipinski definition) is 6. The van der Waals surface area contributed by atoms with Gasteiger partial charge in [-0.1, -0.05) is 189 Å². The molecule has 0 bridgehead atoms. The molecule has 0 aromatic heterocycles. The molecule has 0 N–H and O–H groups in total. The molecule has 0 saturated carbocycles. The molecule has 322 valence electrons. The summed E-state index contributed by atoms with van der Waals surface area (Å²) < 4.78 is 16.6. The van der Waals surface area contributed by atoms with Gasteiger partial charge in [0, 0.05) is 19.3 Å². The maximum Gasteiger partial charge on any atom is 0.306 e. The fourth-order valence-corrected chi connectivity index (χ4v) is 5.66. The number of hydrogen-bond donors (Lipinski definition) is 0. The minimum atomic E-state index is -0.805. The number of esters is 3. The largest absolute Gasteiger partial charge is 0.462 e. The average Bonchev–Trinajstić information content (AvgIpc) is 3.21. The summed E-state index contributed by atoms with van der Waals surface area (Å²) in [6.07, 6.45) is 58.1. The zero-order valence-electron chi connectivity index (χ0n) is 36.6. The minimum Gasteiger partial charge on any atom is -0.462 e. The molecular formula is C51H82O6. The predicted molar refractivity (Wildman–Crippen MR) is 242 cm³/mol. The first-order chi connectivity index (χ1) is 28.0. The monoisotopic (exact) mass is 791 g/mol. The van der Waals surface area contributed by atoms with E-state index < -0.39 is 6.10 Å². The van der Waals surface area contributed by atoms with Gasteiger partial charge in [-0.05, 0) is 77.0 Å². The lowest BCUT2D eigenvalue weighted by Crippen LogP contribution is -2.30. The van der Waals surface area contributed by atoms with Crippen molar-refractivity contribution in [2.24, 2.45) is 0 Å². The molecule has 0 aromatic rings. The van der Waals surface area contributed by atoms with Crippen LogP contribution in [0.1, 0.15) is 188 Å². The first-order valence-corrected chi connectivity index (χ1v) is 22.8. The van der Waals surface area contributed by atoms with Crippen LogP contribution in [0.5, 0.6) is 0 Å². The summed E-state index contributed by atoms with van der Waals surface area (Å²) in [5, 5.41) is 0. The van der Waals surface area contributed by atoms with Crippen LogP contribution in [0.15, 0.2) is 97.2 Å². The first kappa shape index (κ1) is 53.3. The van der Waals surface area contributed by atoms with E-state index in [0.717, 1.165) is 116 Å². The van der Waals surface area contributed by atoms with Gasteiger partial charge in [0.05, 0.1) is 0 Å². The molecule has 0 saturated heterocycles. The van der Waals surface area contributed by atoms with Gasteiger partial charge in [0.15, 0.2) is 6.10 Å². The average molecular weight is 791 g/mol. The molecule has 6 nitrogen and oxygen atoms in total. The Balaban J connectivity index is 4.47. The lowest BCUT2D eigenvalue weighted by molar-refractivity contribution is -0.167. The Morgan fingerprint density at radius 3 is 1.16 bits per heavy atom. The molecule has 0 radical (unpaired) electrons. The van der Waals surface area contributed by atoms with Crippen LogP contribution in [0.4, 0.5) is 0 Å². The maximum absolute atomic E-state index is 12.7. The Morgan fingerprint density at radius 2 is 0.684 bits per heavy atom. The van der Waals surface area contributed by atoms with Crippen LogP contribution in [0.25, 0.3) is 0 Å². The summed E-state index contributed by atoms with van der Waals surface area (Å²) in [6.45, 7) is 6.36. The van der Waals surface area contributed by atoms with E-state index in [9.17, 15) is 14.4 Å². The molecule has 0 rings (SSSR count). The number of allylic oxidation sites excluding steroid dienone is 16. The first-order valence-electron chi connectivity index (χ1n) is 22.8. The molecule has 0 aromatic carbocycles. The Kier molecular flexibility index (Phi) is 42.1. The highest BCUT2D eigenvalue weighted by Crippen LogP contribution is 2.12. The Morgan fingerprint density at radius 1 is 0.351 bits per heavy atom. The lowest BCUT2D eigenvalue weighted by Gasteiger charge is -2.18. The van der Waals surface area contributed by atoms with E-state index in [2.05, 4.69) is 81.5 Å². The van der Waals surface area contributed by atoms with Gasteiger partial charge >= 0.3 is 17.9 Å². The normalized spacial score (nSPS) is 13.0. The zero-order chi connectivity index (χ0) is 41.5. The molecule has 57 heavy (non-hydrogen) atoms. The van der Waals surface area contributed by atoms with E-state index in [1.54, 1.807) is 0 Å². The van der Waals surface area contributed by atoms with Crippen molar-refractivity contribution in [1.29, 1.82) is 0 Å². The van der Waals surface area contributed by atoms with Gasteiger partial charge in [-0.25, -0.2) is 0 Å². The highest BCUT2D eigenvalue weighted by atomic mass is 16.6. The fraction of sp³-hybridized carbons (Fsp3) is 0.627. The van der Waals surface area contributed by atoms with Crippen LogP contribution in [-0.4, -0.2) is 37.2 Å². The van der Waals surface area contributed by atoms with Gasteiger partial charge in [-0.15, -0.1) is 0 Å². The summed E-state index contributed by atoms with van der Waals surface area (Å²) >= 11 is 0. The van der Waals surface area contributed by atoms with E-state index in [4.69, 9.17) is 14.2 Å². The molecule has 0 aliphatic rings. The van der Waals surface area contributed by atoms with Crippen LogP contribution in [0.3, 0.4) is 0 Å². The smallest absolute Gasteiger partial charge is 0.306 e. The SMILES string of the molecule is CCC\C=C/C=C\C=C/C=C\C=C/CCCCCCCC(=O)OCC(COC(=O)CCCCCC/C=C\CCCC)OC(=O)CCCCC/C=C\C=C/CCCC. The molecule has 0 amide bonds. The van der Waals surface area contributed by atoms with E-state index in [1.807, 2.05) is 36.5 Å². The van der Waals surface area contributed by atoms with Crippen LogP contribution >= 0.6 is 0 Å². The van der Waals surface area contributed by atoms with Crippen LogP contribution < -0.4 is 0 Å². The molecule has 1 atom stereocenters. The molecule has 0 aliphatic carbocycles. The molecular weight excluding hydrogens is 709 g/mol. The van der Waals surface area contributed by atoms with Gasteiger partial charge < -0.3 is 14.2 Å². The van der Waals surface area contributed by atoms with Gasteiger partial charge in [0.2, 0.25) is 0 Å². The highest BCUT2D eigenvalue weighted by molar-refractivity contribution is 5.71. The summed E-state index contributed by atoms with van der Waals surface area (Å²) in [5.74, 6) is -0.983. The van der Waals surface area contributed by atoms with E-state index in [0.29, 0.717) is 12.8 Å². The second-order valence-electron chi connectivity index (χ2n) is 14.7. The summed E-state index contributed by atoms with van der Waals surface area (Å²) in [7, 11) is 0. The zero-order valence-corrected chi connectivity index (χ0v) is 36.6. The van der Waals surface area contributed by atoms with Crippen LogP contribution in [-0.2, 0) is 28.6 Å². The van der Waals surface area contributed by atoms with Crippen molar-refractivity contribution < 1.29 is 28.6 Å². The number of carbonyl (C=O) groups excluding carboxylic acids is 3. The topological polar surface area (TPSA) is 78.9 Å². The molecule has 0 spiro atoms. The van der Waals surface area contributed by atoms with E-state index >= 15 is 0 Å². The van der Waals surface area contributed by atoms with E-state index in [1.165, 1.54) is 32.1 Å². The maximum atomic E-state index is 12.7. The standard InChI is InChI=1S/C51H82O6/c1-4-7-10-13-16-19-22-23-24-25-26-27-28-30-32-35-38-41-44-50(53)56-47-48(46-55-49(52)43-40-37-34-31-21-18-15-12-9-6-3)57-51(54)45-42-39-36-33-29-20-17-14-11-8-5-2/h10,13-20,22-27,29,48H,4-9,11-12,21,28,30-47H2,1-3H3/b13-10-,17-14-,18-15-,19-16-,23-22-,25-24-,27-26-,29-20-. The lowest BCUT2D eigenvalue weighted by atomic mass is 10.1. The van der Waals surface area contributed by atoms with Crippen molar-refractivity contribution in [3.8, 4) is 0 Å². The number of unbranched alkanes of at least 4 members (excludes halogenated alkanes) is 17. The van der Waals surface area contributed by atoms with Crippen LogP contribution in [0.2, 0.25) is 0 Å². The third-order valence-electron chi connectivity index (χ3n) is 9.17. The van der Waals surface area contributed by atoms with Gasteiger partial charge in [0.1, 0.15) is 13.2 Å². The molecule has 0 aliphatic heterocycles. The quantitative estimate of drug-likeness (QED) is 0.0203. The predicted octanol–water partition coefficient (Wildman–Crippen LogP) is 14.6.